The molecule has 0 aliphatic carbocycles. The highest BCUT2D eigenvalue weighted by Gasteiger charge is 2.34. The van der Waals surface area contributed by atoms with Crippen LogP contribution in [0.4, 0.5) is 23.2 Å². The summed E-state index contributed by atoms with van der Waals surface area (Å²) >= 11 is 8.63. The standard InChI is InChI=1S/C15H9BrClF4NO/c16-11-6-12(17)10(15(19,20)21)5-13(11)22-14(23)9-3-1-8(7-18)2-4-9/h1-6H,7H2,(H,22,23). The fraction of sp³-hybridized carbons (Fsp3) is 0.133. The number of alkyl halides is 4. The van der Waals surface area contributed by atoms with Crippen molar-refractivity contribution in [2.45, 2.75) is 12.9 Å². The molecule has 0 fully saturated rings. The van der Waals surface area contributed by atoms with Crippen LogP contribution in [0.25, 0.3) is 0 Å². The summed E-state index contributed by atoms with van der Waals surface area (Å²) in [5.41, 5.74) is -0.530. The number of anilines is 1. The lowest BCUT2D eigenvalue weighted by atomic mass is 10.1. The van der Waals surface area contributed by atoms with E-state index in [4.69, 9.17) is 11.6 Å². The molecule has 0 bridgehead atoms. The van der Waals surface area contributed by atoms with Gasteiger partial charge in [-0.1, -0.05) is 23.7 Å². The van der Waals surface area contributed by atoms with E-state index in [1.165, 1.54) is 24.3 Å². The van der Waals surface area contributed by atoms with Gasteiger partial charge in [-0.05, 0) is 45.8 Å². The second-order valence-corrected chi connectivity index (χ2v) is 5.86. The first-order valence-corrected chi connectivity index (χ1v) is 7.42. The first kappa shape index (κ1) is 17.7. The Morgan fingerprint density at radius 3 is 2.30 bits per heavy atom. The molecule has 0 saturated carbocycles. The number of halogens is 6. The van der Waals surface area contributed by atoms with Gasteiger partial charge in [0, 0.05) is 10.0 Å². The number of benzene rings is 2. The maximum Gasteiger partial charge on any atom is 0.417 e. The molecule has 0 radical (unpaired) electrons. The maximum atomic E-state index is 12.9. The minimum absolute atomic E-state index is 0.0682. The van der Waals surface area contributed by atoms with Gasteiger partial charge in [-0.15, -0.1) is 0 Å². The fourth-order valence-electron chi connectivity index (χ4n) is 1.80. The summed E-state index contributed by atoms with van der Waals surface area (Å²) < 4.78 is 51.2. The van der Waals surface area contributed by atoms with Crippen molar-refractivity contribution in [3.05, 3.63) is 62.6 Å². The topological polar surface area (TPSA) is 29.1 Å². The highest BCUT2D eigenvalue weighted by atomic mass is 79.9. The van der Waals surface area contributed by atoms with Gasteiger partial charge in [0.1, 0.15) is 6.67 Å². The highest BCUT2D eigenvalue weighted by molar-refractivity contribution is 9.10. The molecule has 0 spiro atoms. The molecule has 0 aliphatic heterocycles. The molecule has 1 N–H and O–H groups in total. The van der Waals surface area contributed by atoms with Crippen LogP contribution in [0.15, 0.2) is 40.9 Å². The number of hydrogen-bond donors (Lipinski definition) is 1. The third-order valence-electron chi connectivity index (χ3n) is 2.98. The molecule has 2 aromatic carbocycles. The van der Waals surface area contributed by atoms with E-state index in [1.54, 1.807) is 0 Å². The van der Waals surface area contributed by atoms with E-state index in [9.17, 15) is 22.4 Å². The molecule has 0 aromatic heterocycles. The molecule has 23 heavy (non-hydrogen) atoms. The molecule has 2 rings (SSSR count). The summed E-state index contributed by atoms with van der Waals surface area (Å²) in [6.07, 6.45) is -4.64. The lowest BCUT2D eigenvalue weighted by Crippen LogP contribution is -2.14. The summed E-state index contributed by atoms with van der Waals surface area (Å²) in [5, 5.41) is 1.89. The minimum Gasteiger partial charge on any atom is -0.321 e. The van der Waals surface area contributed by atoms with Crippen LogP contribution >= 0.6 is 27.5 Å². The van der Waals surface area contributed by atoms with Crippen LogP contribution in [-0.4, -0.2) is 5.91 Å². The summed E-state index contributed by atoms with van der Waals surface area (Å²) in [5.74, 6) is -0.619. The molecular weight excluding hydrogens is 402 g/mol. The van der Waals surface area contributed by atoms with Gasteiger partial charge in [0.25, 0.3) is 5.91 Å². The first-order chi connectivity index (χ1) is 10.7. The predicted octanol–water partition coefficient (Wildman–Crippen LogP) is 5.84. The van der Waals surface area contributed by atoms with Crippen molar-refractivity contribution in [3.8, 4) is 0 Å². The van der Waals surface area contributed by atoms with Gasteiger partial charge in [-0.2, -0.15) is 13.2 Å². The van der Waals surface area contributed by atoms with Crippen LogP contribution in [0.2, 0.25) is 5.02 Å². The van der Waals surface area contributed by atoms with Gasteiger partial charge in [-0.3, -0.25) is 4.79 Å². The zero-order valence-electron chi connectivity index (χ0n) is 11.3. The number of carbonyl (C=O) groups is 1. The normalized spacial score (nSPS) is 11.4. The van der Waals surface area contributed by atoms with E-state index in [0.717, 1.165) is 12.1 Å². The van der Waals surface area contributed by atoms with Gasteiger partial charge in [0.15, 0.2) is 0 Å². The van der Waals surface area contributed by atoms with Crippen molar-refractivity contribution in [1.29, 1.82) is 0 Å². The minimum atomic E-state index is -4.64. The summed E-state index contributed by atoms with van der Waals surface area (Å²) in [4.78, 5) is 12.1. The van der Waals surface area contributed by atoms with Crippen molar-refractivity contribution in [2.24, 2.45) is 0 Å². The van der Waals surface area contributed by atoms with Crippen molar-refractivity contribution in [3.63, 3.8) is 0 Å². The fourth-order valence-corrected chi connectivity index (χ4v) is 2.65. The maximum absolute atomic E-state index is 12.9. The lowest BCUT2D eigenvalue weighted by Gasteiger charge is -2.13. The average molecular weight is 411 g/mol. The number of nitrogens with one attached hydrogen (secondary N) is 1. The van der Waals surface area contributed by atoms with Crippen molar-refractivity contribution in [2.75, 3.05) is 5.32 Å². The smallest absolute Gasteiger partial charge is 0.321 e. The Hall–Kier alpha value is -1.60. The molecule has 0 heterocycles. The second-order valence-electron chi connectivity index (χ2n) is 4.59. The van der Waals surface area contributed by atoms with E-state index in [0.29, 0.717) is 5.56 Å². The first-order valence-electron chi connectivity index (χ1n) is 6.25. The van der Waals surface area contributed by atoms with E-state index >= 15 is 0 Å². The Labute approximate surface area is 142 Å². The molecule has 2 aromatic rings. The summed E-state index contributed by atoms with van der Waals surface area (Å²) in [7, 11) is 0. The van der Waals surface area contributed by atoms with Crippen LogP contribution < -0.4 is 5.32 Å². The summed E-state index contributed by atoms with van der Waals surface area (Å²) in [6.45, 7) is -0.667. The van der Waals surface area contributed by atoms with Crippen LogP contribution in [0, 0.1) is 0 Å². The Morgan fingerprint density at radius 2 is 1.78 bits per heavy atom. The second kappa shape index (κ2) is 6.88. The molecule has 1 amide bonds. The molecule has 2 nitrogen and oxygen atoms in total. The van der Waals surface area contributed by atoms with Gasteiger partial charge >= 0.3 is 6.18 Å². The highest BCUT2D eigenvalue weighted by Crippen LogP contribution is 2.39. The average Bonchev–Trinajstić information content (AvgIpc) is 2.48. The Kier molecular flexibility index (Phi) is 5.31. The lowest BCUT2D eigenvalue weighted by molar-refractivity contribution is -0.137. The molecular formula is C15H9BrClF4NO. The van der Waals surface area contributed by atoms with E-state index in [-0.39, 0.29) is 15.7 Å². The van der Waals surface area contributed by atoms with Crippen LogP contribution in [-0.2, 0) is 12.9 Å². The van der Waals surface area contributed by atoms with E-state index < -0.39 is 29.3 Å². The summed E-state index contributed by atoms with van der Waals surface area (Å²) in [6, 6.07) is 7.43. The number of amides is 1. The van der Waals surface area contributed by atoms with E-state index in [2.05, 4.69) is 21.2 Å². The monoisotopic (exact) mass is 409 g/mol. The third-order valence-corrected chi connectivity index (χ3v) is 3.95. The Morgan fingerprint density at radius 1 is 1.17 bits per heavy atom. The third kappa shape index (κ3) is 4.23. The molecule has 0 unspecified atom stereocenters. The number of carbonyl (C=O) groups excluding carboxylic acids is 1. The van der Waals surface area contributed by atoms with Crippen molar-refractivity contribution < 1.29 is 22.4 Å². The zero-order valence-corrected chi connectivity index (χ0v) is 13.7. The largest absolute Gasteiger partial charge is 0.417 e. The van der Waals surface area contributed by atoms with Crippen molar-refractivity contribution >= 4 is 39.1 Å². The quantitative estimate of drug-likeness (QED) is 0.633. The predicted molar refractivity (Wildman–Crippen MR) is 83.4 cm³/mol. The van der Waals surface area contributed by atoms with Crippen molar-refractivity contribution in [1.82, 2.24) is 0 Å². The van der Waals surface area contributed by atoms with Gasteiger partial charge in [0.2, 0.25) is 0 Å². The number of rotatable bonds is 3. The molecule has 0 saturated heterocycles. The van der Waals surface area contributed by atoms with Gasteiger partial charge in [-0.25, -0.2) is 4.39 Å². The molecule has 0 aliphatic rings. The van der Waals surface area contributed by atoms with Crippen LogP contribution in [0.5, 0.6) is 0 Å². The number of hydrogen-bond acceptors (Lipinski definition) is 1. The Bertz CT molecular complexity index is 731. The Balaban J connectivity index is 2.30. The van der Waals surface area contributed by atoms with E-state index in [1.807, 2.05) is 0 Å². The zero-order chi connectivity index (χ0) is 17.2. The van der Waals surface area contributed by atoms with Gasteiger partial charge in [0.05, 0.1) is 16.3 Å². The SMILES string of the molecule is O=C(Nc1cc(C(F)(F)F)c(Cl)cc1Br)c1ccc(CF)cc1. The molecule has 122 valence electrons. The van der Waals surface area contributed by atoms with Crippen LogP contribution in [0.3, 0.4) is 0 Å². The van der Waals surface area contributed by atoms with Crippen LogP contribution in [0.1, 0.15) is 21.5 Å². The molecule has 8 heteroatoms. The van der Waals surface area contributed by atoms with Gasteiger partial charge < -0.3 is 5.32 Å². The molecule has 0 atom stereocenters.